The van der Waals surface area contributed by atoms with Crippen molar-refractivity contribution in [2.24, 2.45) is 0 Å². The number of amides is 1. The molecule has 0 aromatic carbocycles. The number of hydrogen-bond donors (Lipinski definition) is 2. The third-order valence-electron chi connectivity index (χ3n) is 2.32. The standard InChI is InChI=1S/C11H16N2O2/c1-4-7(2)13-11(15)10-5-9(6-12-10)8(3)14/h5-7,12H,4H2,1-3H3,(H,13,15)/t7-/m1/s1. The van der Waals surface area contributed by atoms with Crippen LogP contribution in [0.2, 0.25) is 0 Å². The highest BCUT2D eigenvalue weighted by molar-refractivity contribution is 5.99. The van der Waals surface area contributed by atoms with Gasteiger partial charge in [0.1, 0.15) is 5.69 Å². The van der Waals surface area contributed by atoms with Crippen molar-refractivity contribution in [2.45, 2.75) is 33.2 Å². The summed E-state index contributed by atoms with van der Waals surface area (Å²) in [6.07, 6.45) is 2.43. The lowest BCUT2D eigenvalue weighted by molar-refractivity contribution is 0.0934. The maximum absolute atomic E-state index is 11.6. The number of aromatic nitrogens is 1. The summed E-state index contributed by atoms with van der Waals surface area (Å²) in [5, 5.41) is 2.82. The van der Waals surface area contributed by atoms with Gasteiger partial charge in [-0.05, 0) is 26.3 Å². The molecule has 1 atom stereocenters. The smallest absolute Gasteiger partial charge is 0.267 e. The highest BCUT2D eigenvalue weighted by atomic mass is 16.2. The molecule has 0 radical (unpaired) electrons. The summed E-state index contributed by atoms with van der Waals surface area (Å²) < 4.78 is 0. The molecule has 2 N–H and O–H groups in total. The van der Waals surface area contributed by atoms with Crippen LogP contribution < -0.4 is 5.32 Å². The Morgan fingerprint density at radius 2 is 2.20 bits per heavy atom. The zero-order valence-corrected chi connectivity index (χ0v) is 9.26. The van der Waals surface area contributed by atoms with Crippen molar-refractivity contribution >= 4 is 11.7 Å². The van der Waals surface area contributed by atoms with E-state index in [1.807, 2.05) is 13.8 Å². The molecule has 15 heavy (non-hydrogen) atoms. The van der Waals surface area contributed by atoms with E-state index in [0.29, 0.717) is 11.3 Å². The van der Waals surface area contributed by atoms with Crippen molar-refractivity contribution in [1.29, 1.82) is 0 Å². The van der Waals surface area contributed by atoms with Crippen LogP contribution in [0.1, 0.15) is 48.0 Å². The van der Waals surface area contributed by atoms with Gasteiger partial charge in [0.25, 0.3) is 5.91 Å². The minimum absolute atomic E-state index is 0.0474. The van der Waals surface area contributed by atoms with Gasteiger partial charge in [-0.1, -0.05) is 6.92 Å². The van der Waals surface area contributed by atoms with E-state index in [1.165, 1.54) is 6.92 Å². The number of aromatic amines is 1. The first-order chi connectivity index (χ1) is 7.04. The Balaban J connectivity index is 2.70. The molecule has 0 saturated heterocycles. The second-order valence-electron chi connectivity index (χ2n) is 3.64. The molecule has 4 heteroatoms. The van der Waals surface area contributed by atoms with Crippen LogP contribution in [0.3, 0.4) is 0 Å². The first-order valence-electron chi connectivity index (χ1n) is 5.04. The van der Waals surface area contributed by atoms with Gasteiger partial charge in [-0.15, -0.1) is 0 Å². The summed E-state index contributed by atoms with van der Waals surface area (Å²) in [6, 6.07) is 1.71. The zero-order chi connectivity index (χ0) is 11.4. The second kappa shape index (κ2) is 4.77. The van der Waals surface area contributed by atoms with E-state index >= 15 is 0 Å². The lowest BCUT2D eigenvalue weighted by Gasteiger charge is -2.09. The van der Waals surface area contributed by atoms with Gasteiger partial charge >= 0.3 is 0 Å². The maximum atomic E-state index is 11.6. The number of Topliss-reactive ketones (excluding diaryl/α,β-unsaturated/α-hetero) is 1. The van der Waals surface area contributed by atoms with Crippen LogP contribution in [0.4, 0.5) is 0 Å². The van der Waals surface area contributed by atoms with Gasteiger partial charge in [-0.2, -0.15) is 0 Å². The van der Waals surface area contributed by atoms with E-state index in [1.54, 1.807) is 12.3 Å². The molecule has 0 aliphatic heterocycles. The summed E-state index contributed by atoms with van der Waals surface area (Å²) in [5.41, 5.74) is 0.963. The number of carbonyl (C=O) groups excluding carboxylic acids is 2. The molecular formula is C11H16N2O2. The molecule has 82 valence electrons. The Morgan fingerprint density at radius 1 is 1.53 bits per heavy atom. The minimum atomic E-state index is -0.170. The van der Waals surface area contributed by atoms with Crippen LogP contribution in [-0.4, -0.2) is 22.7 Å². The van der Waals surface area contributed by atoms with Crippen molar-refractivity contribution < 1.29 is 9.59 Å². The normalized spacial score (nSPS) is 12.2. The van der Waals surface area contributed by atoms with Gasteiger partial charge in [0.15, 0.2) is 5.78 Å². The van der Waals surface area contributed by atoms with Gasteiger partial charge in [0.2, 0.25) is 0 Å². The number of nitrogens with one attached hydrogen (secondary N) is 2. The van der Waals surface area contributed by atoms with Crippen molar-refractivity contribution in [2.75, 3.05) is 0 Å². The average Bonchev–Trinajstić information content (AvgIpc) is 2.66. The van der Waals surface area contributed by atoms with E-state index in [0.717, 1.165) is 6.42 Å². The Hall–Kier alpha value is -1.58. The zero-order valence-electron chi connectivity index (χ0n) is 9.26. The summed E-state index contributed by atoms with van der Waals surface area (Å²) in [4.78, 5) is 25.4. The lowest BCUT2D eigenvalue weighted by Crippen LogP contribution is -2.32. The van der Waals surface area contributed by atoms with Gasteiger partial charge < -0.3 is 10.3 Å². The monoisotopic (exact) mass is 208 g/mol. The van der Waals surface area contributed by atoms with E-state index in [4.69, 9.17) is 0 Å². The molecular weight excluding hydrogens is 192 g/mol. The Morgan fingerprint density at radius 3 is 2.67 bits per heavy atom. The van der Waals surface area contributed by atoms with Gasteiger partial charge in [-0.25, -0.2) is 0 Å². The van der Waals surface area contributed by atoms with Crippen LogP contribution in [0.5, 0.6) is 0 Å². The Kier molecular flexibility index (Phi) is 3.66. The Labute approximate surface area is 89.1 Å². The largest absolute Gasteiger partial charge is 0.356 e. The summed E-state index contributed by atoms with van der Waals surface area (Å²) >= 11 is 0. The summed E-state index contributed by atoms with van der Waals surface area (Å²) in [7, 11) is 0. The fourth-order valence-corrected chi connectivity index (χ4v) is 1.13. The lowest BCUT2D eigenvalue weighted by atomic mass is 10.2. The molecule has 1 rings (SSSR count). The highest BCUT2D eigenvalue weighted by Crippen LogP contribution is 2.04. The van der Waals surface area contributed by atoms with Crippen LogP contribution in [0, 0.1) is 0 Å². The maximum Gasteiger partial charge on any atom is 0.267 e. The van der Waals surface area contributed by atoms with Crippen LogP contribution in [0.25, 0.3) is 0 Å². The summed E-state index contributed by atoms with van der Waals surface area (Å²) in [5.74, 6) is -0.217. The molecule has 0 bridgehead atoms. The van der Waals surface area contributed by atoms with E-state index in [-0.39, 0.29) is 17.7 Å². The van der Waals surface area contributed by atoms with Crippen molar-refractivity contribution in [3.8, 4) is 0 Å². The predicted octanol–water partition coefficient (Wildman–Crippen LogP) is 1.75. The molecule has 1 heterocycles. The van der Waals surface area contributed by atoms with E-state index in [9.17, 15) is 9.59 Å². The molecule has 0 spiro atoms. The van der Waals surface area contributed by atoms with Gasteiger partial charge in [0.05, 0.1) is 0 Å². The van der Waals surface area contributed by atoms with Crippen molar-refractivity contribution in [3.05, 3.63) is 23.5 Å². The molecule has 1 aromatic rings. The van der Waals surface area contributed by atoms with Gasteiger partial charge in [0, 0.05) is 17.8 Å². The van der Waals surface area contributed by atoms with E-state index < -0.39 is 0 Å². The number of carbonyl (C=O) groups is 2. The average molecular weight is 208 g/mol. The summed E-state index contributed by atoms with van der Waals surface area (Å²) in [6.45, 7) is 5.41. The van der Waals surface area contributed by atoms with Gasteiger partial charge in [-0.3, -0.25) is 9.59 Å². The van der Waals surface area contributed by atoms with Crippen molar-refractivity contribution in [1.82, 2.24) is 10.3 Å². The van der Waals surface area contributed by atoms with Crippen LogP contribution in [-0.2, 0) is 0 Å². The number of rotatable bonds is 4. The quantitative estimate of drug-likeness (QED) is 0.740. The molecule has 4 nitrogen and oxygen atoms in total. The molecule has 0 aliphatic carbocycles. The van der Waals surface area contributed by atoms with Crippen LogP contribution in [0.15, 0.2) is 12.3 Å². The number of H-pyrrole nitrogens is 1. The second-order valence-corrected chi connectivity index (χ2v) is 3.64. The molecule has 1 amide bonds. The topological polar surface area (TPSA) is 62.0 Å². The number of ketones is 1. The minimum Gasteiger partial charge on any atom is -0.356 e. The first kappa shape index (κ1) is 11.5. The molecule has 1 aromatic heterocycles. The molecule has 0 saturated carbocycles. The van der Waals surface area contributed by atoms with Crippen LogP contribution >= 0.6 is 0 Å². The Bertz CT molecular complexity index is 368. The van der Waals surface area contributed by atoms with E-state index in [2.05, 4.69) is 10.3 Å². The highest BCUT2D eigenvalue weighted by Gasteiger charge is 2.11. The first-order valence-corrected chi connectivity index (χ1v) is 5.04. The van der Waals surface area contributed by atoms with Crippen molar-refractivity contribution in [3.63, 3.8) is 0 Å². The fourth-order valence-electron chi connectivity index (χ4n) is 1.13. The third-order valence-corrected chi connectivity index (χ3v) is 2.32. The molecule has 0 aliphatic rings. The third kappa shape index (κ3) is 2.94. The molecule has 0 fully saturated rings. The SMILES string of the molecule is CC[C@@H](C)NC(=O)c1cc(C(C)=O)c[nH]1. The number of hydrogen-bond acceptors (Lipinski definition) is 2. The molecule has 0 unspecified atom stereocenters. The fraction of sp³-hybridized carbons (Fsp3) is 0.455. The predicted molar refractivity (Wildman–Crippen MR) is 58.0 cm³/mol.